The molecule has 1 atom stereocenters. The van der Waals surface area contributed by atoms with Gasteiger partial charge >= 0.3 is 13.8 Å². The molecule has 0 aliphatic heterocycles. The highest BCUT2D eigenvalue weighted by Gasteiger charge is 2.21. The number of unbranched alkanes of at least 4 members (excludes halogenated alkanes) is 3. The molecule has 22 heavy (non-hydrogen) atoms. The van der Waals surface area contributed by atoms with Crippen LogP contribution in [0.4, 0.5) is 0 Å². The van der Waals surface area contributed by atoms with Crippen molar-refractivity contribution in [2.24, 2.45) is 0 Å². The van der Waals surface area contributed by atoms with Crippen LogP contribution in [0, 0.1) is 13.8 Å². The molecule has 0 amide bonds. The molecular formula is C13H23O8P-2. The van der Waals surface area contributed by atoms with Crippen molar-refractivity contribution in [3.05, 3.63) is 13.8 Å². The summed E-state index contributed by atoms with van der Waals surface area (Å²) in [4.78, 5) is 39.9. The number of ether oxygens (including phenoxy) is 2. The molecule has 0 saturated carbocycles. The number of carbonyl (C=O) groups is 2. The van der Waals surface area contributed by atoms with Crippen LogP contribution in [0.2, 0.25) is 0 Å². The summed E-state index contributed by atoms with van der Waals surface area (Å²) in [5.74, 6) is -1.17. The van der Waals surface area contributed by atoms with Crippen molar-refractivity contribution in [2.75, 3.05) is 13.2 Å². The Morgan fingerprint density at radius 3 is 2.27 bits per heavy atom. The van der Waals surface area contributed by atoms with E-state index in [4.69, 9.17) is 19.3 Å². The average molecular weight is 338 g/mol. The Hall–Kier alpha value is -0.950. The molecule has 0 heterocycles. The van der Waals surface area contributed by atoms with Crippen molar-refractivity contribution >= 4 is 19.8 Å². The maximum absolute atomic E-state index is 11.5. The molecule has 0 aliphatic carbocycles. The summed E-state index contributed by atoms with van der Waals surface area (Å²) < 4.78 is 24.6. The molecule has 130 valence electrons. The Labute approximate surface area is 130 Å². The molecule has 0 bridgehead atoms. The highest BCUT2D eigenvalue weighted by molar-refractivity contribution is 7.46. The Kier molecular flexibility index (Phi) is 11.1. The Balaban J connectivity index is 4.18. The molecule has 0 fully saturated rings. The second-order valence-electron chi connectivity index (χ2n) is 4.50. The van der Waals surface area contributed by atoms with Gasteiger partial charge in [0.2, 0.25) is 0 Å². The van der Waals surface area contributed by atoms with E-state index in [9.17, 15) is 14.2 Å². The van der Waals surface area contributed by atoms with Crippen LogP contribution in [0.3, 0.4) is 0 Å². The number of esters is 2. The summed E-state index contributed by atoms with van der Waals surface area (Å²) in [5, 5.41) is 0. The standard InChI is InChI=1S/C13H23O8P/c1-3-5-6-7-8-13(15)19-9-11(21-12(14)4-2)10-20-22(16,17)18/h11H,1-10H2,(H2,16,17,18)/q-2/t11-/m1/s1. The van der Waals surface area contributed by atoms with Crippen LogP contribution in [-0.4, -0.2) is 41.0 Å². The third-order valence-electron chi connectivity index (χ3n) is 2.49. The van der Waals surface area contributed by atoms with Gasteiger partial charge in [-0.15, -0.1) is 0 Å². The van der Waals surface area contributed by atoms with Crippen LogP contribution in [0.5, 0.6) is 0 Å². The van der Waals surface area contributed by atoms with Gasteiger partial charge in [0.1, 0.15) is 6.61 Å². The zero-order valence-electron chi connectivity index (χ0n) is 12.4. The van der Waals surface area contributed by atoms with Gasteiger partial charge in [-0.25, -0.2) is 4.57 Å². The lowest BCUT2D eigenvalue weighted by atomic mass is 10.2. The smallest absolute Gasteiger partial charge is 0.462 e. The minimum absolute atomic E-state index is 0.161. The van der Waals surface area contributed by atoms with E-state index in [1.807, 2.05) is 0 Å². The molecule has 2 N–H and O–H groups in total. The first-order chi connectivity index (χ1) is 10.3. The van der Waals surface area contributed by atoms with Crippen LogP contribution in [0.1, 0.15) is 38.5 Å². The van der Waals surface area contributed by atoms with Gasteiger partial charge in [-0.2, -0.15) is 6.42 Å². The van der Waals surface area contributed by atoms with Crippen LogP contribution in [-0.2, 0) is 28.2 Å². The number of phosphoric acid groups is 1. The van der Waals surface area contributed by atoms with E-state index in [2.05, 4.69) is 18.4 Å². The van der Waals surface area contributed by atoms with Gasteiger partial charge in [-0.3, -0.25) is 14.1 Å². The summed E-state index contributed by atoms with van der Waals surface area (Å²) in [7, 11) is -4.70. The molecule has 0 aromatic rings. The van der Waals surface area contributed by atoms with Crippen molar-refractivity contribution in [1.82, 2.24) is 0 Å². The Morgan fingerprint density at radius 1 is 1.05 bits per heavy atom. The van der Waals surface area contributed by atoms with E-state index in [-0.39, 0.29) is 19.4 Å². The molecule has 0 radical (unpaired) electrons. The molecule has 0 spiro atoms. The quantitative estimate of drug-likeness (QED) is 0.238. The third kappa shape index (κ3) is 12.8. The second kappa shape index (κ2) is 11.6. The monoisotopic (exact) mass is 338 g/mol. The number of hydrogen-bond donors (Lipinski definition) is 2. The molecule has 0 aromatic heterocycles. The zero-order chi connectivity index (χ0) is 17.0. The van der Waals surface area contributed by atoms with Crippen LogP contribution >= 0.6 is 7.82 Å². The minimum atomic E-state index is -4.70. The summed E-state index contributed by atoms with van der Waals surface area (Å²) in [6.07, 6.45) is 2.22. The van der Waals surface area contributed by atoms with Crippen molar-refractivity contribution < 1.29 is 37.9 Å². The lowest BCUT2D eigenvalue weighted by Gasteiger charge is -2.18. The molecule has 8 nitrogen and oxygen atoms in total. The van der Waals surface area contributed by atoms with Crippen LogP contribution < -0.4 is 0 Å². The lowest BCUT2D eigenvalue weighted by molar-refractivity contribution is -0.160. The van der Waals surface area contributed by atoms with Crippen LogP contribution in [0.15, 0.2) is 0 Å². The third-order valence-corrected chi connectivity index (χ3v) is 2.98. The van der Waals surface area contributed by atoms with Gasteiger partial charge in [-0.05, 0) is 6.42 Å². The second-order valence-corrected chi connectivity index (χ2v) is 5.73. The first-order valence-corrected chi connectivity index (χ1v) is 8.45. The van der Waals surface area contributed by atoms with Gasteiger partial charge in [-0.1, -0.05) is 19.3 Å². The molecule has 9 heteroatoms. The van der Waals surface area contributed by atoms with Crippen molar-refractivity contribution in [2.45, 2.75) is 44.6 Å². The Bertz CT molecular complexity index is 378. The highest BCUT2D eigenvalue weighted by Crippen LogP contribution is 2.35. The fourth-order valence-electron chi connectivity index (χ4n) is 1.42. The topological polar surface area (TPSA) is 119 Å². The predicted molar refractivity (Wildman–Crippen MR) is 77.3 cm³/mol. The summed E-state index contributed by atoms with van der Waals surface area (Å²) in [6, 6.07) is 0. The fourth-order valence-corrected chi connectivity index (χ4v) is 1.78. The van der Waals surface area contributed by atoms with Crippen molar-refractivity contribution in [3.8, 4) is 0 Å². The number of hydrogen-bond acceptors (Lipinski definition) is 6. The predicted octanol–water partition coefficient (Wildman–Crippen LogP) is 1.56. The molecular weight excluding hydrogens is 315 g/mol. The van der Waals surface area contributed by atoms with Gasteiger partial charge in [0.25, 0.3) is 5.97 Å². The van der Waals surface area contributed by atoms with E-state index >= 15 is 0 Å². The number of rotatable bonds is 12. The van der Waals surface area contributed by atoms with E-state index in [0.717, 1.165) is 19.3 Å². The van der Waals surface area contributed by atoms with Gasteiger partial charge in [0.05, 0.1) is 6.61 Å². The molecule has 0 rings (SSSR count). The van der Waals surface area contributed by atoms with Crippen LogP contribution in [0.25, 0.3) is 0 Å². The first-order valence-electron chi connectivity index (χ1n) is 6.92. The van der Waals surface area contributed by atoms with E-state index in [0.29, 0.717) is 6.42 Å². The van der Waals surface area contributed by atoms with Gasteiger partial charge in [0.15, 0.2) is 6.10 Å². The summed E-state index contributed by atoms with van der Waals surface area (Å²) in [6.45, 7) is 6.10. The lowest BCUT2D eigenvalue weighted by Crippen LogP contribution is -2.29. The molecule has 0 saturated heterocycles. The first kappa shape index (κ1) is 21.0. The van der Waals surface area contributed by atoms with E-state index in [1.54, 1.807) is 0 Å². The maximum atomic E-state index is 11.5. The van der Waals surface area contributed by atoms with Crippen molar-refractivity contribution in [1.29, 1.82) is 0 Å². The summed E-state index contributed by atoms with van der Waals surface area (Å²) in [5.41, 5.74) is 0. The zero-order valence-corrected chi connectivity index (χ0v) is 13.3. The van der Waals surface area contributed by atoms with Gasteiger partial charge in [0, 0.05) is 6.42 Å². The van der Waals surface area contributed by atoms with Crippen molar-refractivity contribution in [3.63, 3.8) is 0 Å². The largest absolute Gasteiger partial charge is 0.469 e. The molecule has 0 unspecified atom stereocenters. The Morgan fingerprint density at radius 2 is 1.73 bits per heavy atom. The highest BCUT2D eigenvalue weighted by atomic mass is 31.2. The SMILES string of the molecule is [CH2-]CCCCCC(=O)OC[C@H](COP(=O)(O)O)OC(=O)C[CH2-]. The normalized spacial score (nSPS) is 12.7. The molecule has 0 aliphatic rings. The van der Waals surface area contributed by atoms with E-state index in [1.165, 1.54) is 0 Å². The van der Waals surface area contributed by atoms with Gasteiger partial charge < -0.3 is 33.1 Å². The number of carbonyl (C=O) groups excluding carboxylic acids is 2. The maximum Gasteiger partial charge on any atom is 0.469 e. The average Bonchev–Trinajstić information content (AvgIpc) is 2.45. The summed E-state index contributed by atoms with van der Waals surface area (Å²) >= 11 is 0. The minimum Gasteiger partial charge on any atom is -0.462 e. The fraction of sp³-hybridized carbons (Fsp3) is 0.692. The van der Waals surface area contributed by atoms with E-state index < -0.39 is 32.5 Å². The molecule has 0 aromatic carbocycles. The number of phosphoric ester groups is 1.